The van der Waals surface area contributed by atoms with Crippen LogP contribution in [0.5, 0.6) is 5.75 Å². The SMILES string of the molecule is CCc1c(OC(F)(F)F)cc(C#N)cc1C(=O)OC. The van der Waals surface area contributed by atoms with Gasteiger partial charge in [-0.25, -0.2) is 4.79 Å². The van der Waals surface area contributed by atoms with Gasteiger partial charge in [-0.3, -0.25) is 0 Å². The Kier molecular flexibility index (Phi) is 4.38. The van der Waals surface area contributed by atoms with Crippen molar-refractivity contribution in [1.82, 2.24) is 0 Å². The van der Waals surface area contributed by atoms with E-state index in [1.54, 1.807) is 13.0 Å². The first-order valence-electron chi connectivity index (χ1n) is 5.23. The van der Waals surface area contributed by atoms with Crippen LogP contribution in [0, 0.1) is 11.3 Å². The molecule has 0 aromatic heterocycles. The zero-order valence-electron chi connectivity index (χ0n) is 10.2. The molecule has 0 amide bonds. The number of carbonyl (C=O) groups is 1. The van der Waals surface area contributed by atoms with Gasteiger partial charge in [-0.05, 0) is 18.6 Å². The Balaban J connectivity index is 3.44. The molecule has 0 atom stereocenters. The van der Waals surface area contributed by atoms with Crippen molar-refractivity contribution in [3.05, 3.63) is 28.8 Å². The van der Waals surface area contributed by atoms with Crippen molar-refractivity contribution in [2.24, 2.45) is 0 Å². The van der Waals surface area contributed by atoms with Crippen molar-refractivity contribution in [2.45, 2.75) is 19.7 Å². The van der Waals surface area contributed by atoms with E-state index in [-0.39, 0.29) is 23.1 Å². The van der Waals surface area contributed by atoms with Crippen molar-refractivity contribution in [2.75, 3.05) is 7.11 Å². The molecule has 0 fully saturated rings. The van der Waals surface area contributed by atoms with Crippen LogP contribution in [-0.4, -0.2) is 19.4 Å². The van der Waals surface area contributed by atoms with Gasteiger partial charge in [0.1, 0.15) is 5.75 Å². The summed E-state index contributed by atoms with van der Waals surface area (Å²) in [5, 5.41) is 8.76. The van der Waals surface area contributed by atoms with Crippen LogP contribution >= 0.6 is 0 Å². The van der Waals surface area contributed by atoms with Crippen molar-refractivity contribution in [3.8, 4) is 11.8 Å². The Morgan fingerprint density at radius 2 is 2.05 bits per heavy atom. The minimum atomic E-state index is -4.90. The molecule has 1 aromatic rings. The predicted molar refractivity (Wildman–Crippen MR) is 58.6 cm³/mol. The van der Waals surface area contributed by atoms with E-state index in [2.05, 4.69) is 9.47 Å². The van der Waals surface area contributed by atoms with Gasteiger partial charge in [0.25, 0.3) is 0 Å². The summed E-state index contributed by atoms with van der Waals surface area (Å²) in [6.45, 7) is 1.57. The zero-order chi connectivity index (χ0) is 14.6. The molecular weight excluding hydrogens is 263 g/mol. The number of carbonyl (C=O) groups excluding carboxylic acids is 1. The van der Waals surface area contributed by atoms with Gasteiger partial charge in [-0.15, -0.1) is 13.2 Å². The summed E-state index contributed by atoms with van der Waals surface area (Å²) in [5.41, 5.74) is -0.177. The van der Waals surface area contributed by atoms with E-state index in [4.69, 9.17) is 5.26 Å². The quantitative estimate of drug-likeness (QED) is 0.794. The van der Waals surface area contributed by atoms with E-state index in [0.29, 0.717) is 0 Å². The number of nitriles is 1. The Morgan fingerprint density at radius 1 is 1.42 bits per heavy atom. The maximum Gasteiger partial charge on any atom is 0.573 e. The second-order valence-electron chi connectivity index (χ2n) is 3.51. The third-order valence-corrected chi connectivity index (χ3v) is 2.32. The number of benzene rings is 1. The molecule has 0 saturated carbocycles. The van der Waals surface area contributed by atoms with Crippen LogP contribution in [0.2, 0.25) is 0 Å². The number of esters is 1. The van der Waals surface area contributed by atoms with Gasteiger partial charge in [0.05, 0.1) is 24.3 Å². The molecule has 7 heteroatoms. The third-order valence-electron chi connectivity index (χ3n) is 2.32. The standard InChI is InChI=1S/C12H10F3NO3/c1-3-8-9(11(17)18-2)4-7(6-16)5-10(8)19-12(13,14)15/h4-5H,3H2,1-2H3. The minimum Gasteiger partial charge on any atom is -0.465 e. The normalized spacial score (nSPS) is 10.7. The van der Waals surface area contributed by atoms with Crippen LogP contribution in [0.15, 0.2) is 12.1 Å². The van der Waals surface area contributed by atoms with Gasteiger partial charge in [-0.2, -0.15) is 5.26 Å². The van der Waals surface area contributed by atoms with Crippen LogP contribution in [0.25, 0.3) is 0 Å². The van der Waals surface area contributed by atoms with Crippen molar-refractivity contribution >= 4 is 5.97 Å². The molecule has 19 heavy (non-hydrogen) atoms. The topological polar surface area (TPSA) is 59.3 Å². The second kappa shape index (κ2) is 5.61. The van der Waals surface area contributed by atoms with E-state index < -0.39 is 18.1 Å². The van der Waals surface area contributed by atoms with Crippen LogP contribution in [0.1, 0.15) is 28.4 Å². The Morgan fingerprint density at radius 3 is 2.47 bits per heavy atom. The summed E-state index contributed by atoms with van der Waals surface area (Å²) in [7, 11) is 1.10. The lowest BCUT2D eigenvalue weighted by Gasteiger charge is -2.15. The molecule has 0 N–H and O–H groups in total. The second-order valence-corrected chi connectivity index (χ2v) is 3.51. The molecule has 0 aliphatic rings. The molecule has 1 aromatic carbocycles. The number of ether oxygens (including phenoxy) is 2. The molecule has 0 heterocycles. The van der Waals surface area contributed by atoms with Crippen LogP contribution in [0.4, 0.5) is 13.2 Å². The molecule has 0 saturated heterocycles. The summed E-state index contributed by atoms with van der Waals surface area (Å²) < 4.78 is 45.2. The average molecular weight is 273 g/mol. The maximum atomic E-state index is 12.3. The van der Waals surface area contributed by atoms with Gasteiger partial charge in [0.2, 0.25) is 0 Å². The zero-order valence-corrected chi connectivity index (χ0v) is 10.2. The first-order valence-corrected chi connectivity index (χ1v) is 5.23. The highest BCUT2D eigenvalue weighted by atomic mass is 19.4. The number of hydrogen-bond acceptors (Lipinski definition) is 4. The highest BCUT2D eigenvalue weighted by Gasteiger charge is 2.33. The van der Waals surface area contributed by atoms with Crippen molar-refractivity contribution in [3.63, 3.8) is 0 Å². The van der Waals surface area contributed by atoms with Crippen molar-refractivity contribution < 1.29 is 27.4 Å². The molecule has 102 valence electrons. The van der Waals surface area contributed by atoms with Gasteiger partial charge < -0.3 is 9.47 Å². The Labute approximate surface area is 107 Å². The highest BCUT2D eigenvalue weighted by molar-refractivity contribution is 5.92. The van der Waals surface area contributed by atoms with Crippen LogP contribution in [0.3, 0.4) is 0 Å². The molecule has 1 rings (SSSR count). The van der Waals surface area contributed by atoms with E-state index in [1.165, 1.54) is 6.07 Å². The van der Waals surface area contributed by atoms with Gasteiger partial charge in [0.15, 0.2) is 0 Å². The molecule has 0 aliphatic heterocycles. The number of rotatable bonds is 3. The first kappa shape index (κ1) is 14.8. The third kappa shape index (κ3) is 3.61. The molecule has 0 spiro atoms. The van der Waals surface area contributed by atoms with Gasteiger partial charge in [0, 0.05) is 5.56 Å². The molecule has 4 nitrogen and oxygen atoms in total. The first-order chi connectivity index (χ1) is 8.82. The van der Waals surface area contributed by atoms with E-state index >= 15 is 0 Å². The lowest BCUT2D eigenvalue weighted by molar-refractivity contribution is -0.274. The number of halogens is 3. The van der Waals surface area contributed by atoms with Crippen molar-refractivity contribution in [1.29, 1.82) is 5.26 Å². The molecule has 0 bridgehead atoms. The maximum absolute atomic E-state index is 12.3. The summed E-state index contributed by atoms with van der Waals surface area (Å²) >= 11 is 0. The van der Waals surface area contributed by atoms with Gasteiger partial charge >= 0.3 is 12.3 Å². The van der Waals surface area contributed by atoms with E-state index in [1.807, 2.05) is 0 Å². The molecule has 0 unspecified atom stereocenters. The Hall–Kier alpha value is -2.23. The van der Waals surface area contributed by atoms with Crippen LogP contribution < -0.4 is 4.74 Å². The summed E-state index contributed by atoms with van der Waals surface area (Å²) in [5.74, 6) is -1.38. The lowest BCUT2D eigenvalue weighted by atomic mass is 10.0. The molecule has 0 radical (unpaired) electrons. The van der Waals surface area contributed by atoms with E-state index in [9.17, 15) is 18.0 Å². The Bertz CT molecular complexity index is 532. The monoisotopic (exact) mass is 273 g/mol. The number of methoxy groups -OCH3 is 1. The molecule has 0 aliphatic carbocycles. The fourth-order valence-electron chi connectivity index (χ4n) is 1.58. The van der Waals surface area contributed by atoms with E-state index in [0.717, 1.165) is 13.2 Å². The summed E-state index contributed by atoms with van der Waals surface area (Å²) in [6.07, 6.45) is -4.77. The summed E-state index contributed by atoms with van der Waals surface area (Å²) in [6, 6.07) is 3.79. The fraction of sp³-hybridized carbons (Fsp3) is 0.333. The molecular formula is C12H10F3NO3. The van der Waals surface area contributed by atoms with Crippen LogP contribution in [-0.2, 0) is 11.2 Å². The smallest absolute Gasteiger partial charge is 0.465 e. The fourth-order valence-corrected chi connectivity index (χ4v) is 1.58. The average Bonchev–Trinajstić information content (AvgIpc) is 2.34. The largest absolute Gasteiger partial charge is 0.573 e. The lowest BCUT2D eigenvalue weighted by Crippen LogP contribution is -2.19. The minimum absolute atomic E-state index is 0.0446. The highest BCUT2D eigenvalue weighted by Crippen LogP contribution is 2.31. The van der Waals surface area contributed by atoms with Gasteiger partial charge in [-0.1, -0.05) is 6.92 Å². The number of nitrogens with zero attached hydrogens (tertiary/aromatic N) is 1. The summed E-state index contributed by atoms with van der Waals surface area (Å²) in [4.78, 5) is 11.5. The predicted octanol–water partition coefficient (Wildman–Crippen LogP) is 2.81. The number of hydrogen-bond donors (Lipinski definition) is 0. The number of alkyl halides is 3.